The Morgan fingerprint density at radius 1 is 1.55 bits per heavy atom. The molecule has 1 aliphatic rings. The number of hydrogen-bond acceptors (Lipinski definition) is 4. The molecule has 1 aliphatic heterocycles. The number of anilines is 1. The first-order valence-corrected chi connectivity index (χ1v) is 7.69. The van der Waals surface area contributed by atoms with Crippen LogP contribution in [0.3, 0.4) is 0 Å². The summed E-state index contributed by atoms with van der Waals surface area (Å²) in [6, 6.07) is 1.84. The SMILES string of the molecule is Cc1cc(NC(=O)CCOC2CCNCC2)ncc1Br. The minimum atomic E-state index is -0.0619. The summed E-state index contributed by atoms with van der Waals surface area (Å²) in [5, 5.41) is 6.07. The molecule has 1 saturated heterocycles. The summed E-state index contributed by atoms with van der Waals surface area (Å²) >= 11 is 3.38. The molecule has 1 aromatic rings. The van der Waals surface area contributed by atoms with Gasteiger partial charge in [0.15, 0.2) is 0 Å². The molecule has 110 valence electrons. The molecule has 0 saturated carbocycles. The molecule has 2 heterocycles. The Morgan fingerprint density at radius 3 is 3.00 bits per heavy atom. The third-order valence-electron chi connectivity index (χ3n) is 3.28. The summed E-state index contributed by atoms with van der Waals surface area (Å²) in [6.45, 7) is 4.42. The van der Waals surface area contributed by atoms with E-state index >= 15 is 0 Å². The highest BCUT2D eigenvalue weighted by Gasteiger charge is 2.13. The molecule has 2 N–H and O–H groups in total. The molecule has 20 heavy (non-hydrogen) atoms. The van der Waals surface area contributed by atoms with Crippen LogP contribution >= 0.6 is 15.9 Å². The fourth-order valence-electron chi connectivity index (χ4n) is 2.09. The quantitative estimate of drug-likeness (QED) is 0.862. The van der Waals surface area contributed by atoms with E-state index in [9.17, 15) is 4.79 Å². The number of halogens is 1. The first-order chi connectivity index (χ1) is 9.65. The second kappa shape index (κ2) is 7.71. The Hall–Kier alpha value is -0.980. The van der Waals surface area contributed by atoms with Gasteiger partial charge in [0.25, 0.3) is 0 Å². The van der Waals surface area contributed by atoms with E-state index < -0.39 is 0 Å². The summed E-state index contributed by atoms with van der Waals surface area (Å²) in [7, 11) is 0. The second-order valence-corrected chi connectivity index (χ2v) is 5.79. The van der Waals surface area contributed by atoms with Crippen molar-refractivity contribution in [1.29, 1.82) is 0 Å². The van der Waals surface area contributed by atoms with Crippen LogP contribution in [0.5, 0.6) is 0 Å². The van der Waals surface area contributed by atoms with E-state index in [1.807, 2.05) is 13.0 Å². The van der Waals surface area contributed by atoms with Crippen LogP contribution < -0.4 is 10.6 Å². The minimum Gasteiger partial charge on any atom is -0.378 e. The van der Waals surface area contributed by atoms with Crippen LogP contribution in [0, 0.1) is 6.92 Å². The largest absolute Gasteiger partial charge is 0.378 e. The van der Waals surface area contributed by atoms with Gasteiger partial charge in [0.05, 0.1) is 19.1 Å². The normalized spacial score (nSPS) is 16.1. The Morgan fingerprint density at radius 2 is 2.30 bits per heavy atom. The first kappa shape index (κ1) is 15.4. The molecule has 0 bridgehead atoms. The molecule has 0 spiro atoms. The average molecular weight is 342 g/mol. The molecule has 0 unspecified atom stereocenters. The molecular formula is C14H20BrN3O2. The summed E-state index contributed by atoms with van der Waals surface area (Å²) in [5.74, 6) is 0.519. The molecule has 1 fully saturated rings. The van der Waals surface area contributed by atoms with Gasteiger partial charge in [0.2, 0.25) is 5.91 Å². The van der Waals surface area contributed by atoms with E-state index in [-0.39, 0.29) is 12.0 Å². The molecule has 1 aromatic heterocycles. The zero-order chi connectivity index (χ0) is 14.4. The van der Waals surface area contributed by atoms with E-state index in [4.69, 9.17) is 4.74 Å². The fraction of sp³-hybridized carbons (Fsp3) is 0.571. The summed E-state index contributed by atoms with van der Waals surface area (Å²) in [4.78, 5) is 15.9. The number of aromatic nitrogens is 1. The van der Waals surface area contributed by atoms with Crippen LogP contribution in [0.1, 0.15) is 24.8 Å². The van der Waals surface area contributed by atoms with Crippen LogP contribution in [0.15, 0.2) is 16.7 Å². The van der Waals surface area contributed by atoms with Gasteiger partial charge in [-0.3, -0.25) is 4.79 Å². The first-order valence-electron chi connectivity index (χ1n) is 6.89. The lowest BCUT2D eigenvalue weighted by Gasteiger charge is -2.22. The van der Waals surface area contributed by atoms with E-state index in [2.05, 4.69) is 31.5 Å². The minimum absolute atomic E-state index is 0.0619. The number of pyridine rings is 1. The van der Waals surface area contributed by atoms with Gasteiger partial charge in [0.1, 0.15) is 5.82 Å². The van der Waals surface area contributed by atoms with Crippen LogP contribution in [-0.4, -0.2) is 36.7 Å². The van der Waals surface area contributed by atoms with E-state index in [1.54, 1.807) is 6.20 Å². The van der Waals surface area contributed by atoms with Crippen molar-refractivity contribution in [3.05, 3.63) is 22.3 Å². The van der Waals surface area contributed by atoms with Crippen LogP contribution in [-0.2, 0) is 9.53 Å². The van der Waals surface area contributed by atoms with Crippen molar-refractivity contribution in [3.8, 4) is 0 Å². The predicted molar refractivity (Wildman–Crippen MR) is 81.8 cm³/mol. The highest BCUT2D eigenvalue weighted by atomic mass is 79.9. The third-order valence-corrected chi connectivity index (χ3v) is 4.11. The maximum Gasteiger partial charge on any atom is 0.227 e. The maximum absolute atomic E-state index is 11.8. The maximum atomic E-state index is 11.8. The molecule has 0 aliphatic carbocycles. The predicted octanol–water partition coefficient (Wildman–Crippen LogP) is 2.25. The van der Waals surface area contributed by atoms with E-state index in [0.29, 0.717) is 18.8 Å². The molecular weight excluding hydrogens is 322 g/mol. The Balaban J connectivity index is 1.70. The number of rotatable bonds is 5. The lowest BCUT2D eigenvalue weighted by Crippen LogP contribution is -2.33. The van der Waals surface area contributed by atoms with Gasteiger partial charge in [-0.15, -0.1) is 0 Å². The molecule has 6 heteroatoms. The number of carbonyl (C=O) groups is 1. The summed E-state index contributed by atoms with van der Waals surface area (Å²) in [5.41, 5.74) is 1.04. The van der Waals surface area contributed by atoms with Gasteiger partial charge >= 0.3 is 0 Å². The van der Waals surface area contributed by atoms with Crippen molar-refractivity contribution in [3.63, 3.8) is 0 Å². The Bertz CT molecular complexity index is 462. The van der Waals surface area contributed by atoms with Crippen LogP contribution in [0.25, 0.3) is 0 Å². The van der Waals surface area contributed by atoms with Gasteiger partial charge in [0, 0.05) is 10.7 Å². The van der Waals surface area contributed by atoms with Crippen molar-refractivity contribution >= 4 is 27.7 Å². The number of ether oxygens (including phenoxy) is 1. The molecule has 0 aromatic carbocycles. The monoisotopic (exact) mass is 341 g/mol. The van der Waals surface area contributed by atoms with Gasteiger partial charge in [-0.05, 0) is 60.4 Å². The number of amides is 1. The standard InChI is InChI=1S/C14H20BrN3O2/c1-10-8-13(17-9-12(10)15)18-14(19)4-7-20-11-2-5-16-6-3-11/h8-9,11,16H,2-7H2,1H3,(H,17,18,19). The molecule has 0 atom stereocenters. The Kier molecular flexibility index (Phi) is 5.94. The number of hydrogen-bond donors (Lipinski definition) is 2. The van der Waals surface area contributed by atoms with Crippen molar-refractivity contribution in [2.45, 2.75) is 32.3 Å². The average Bonchev–Trinajstić information content (AvgIpc) is 2.44. The molecule has 2 rings (SSSR count). The van der Waals surface area contributed by atoms with Crippen molar-refractivity contribution in [2.24, 2.45) is 0 Å². The van der Waals surface area contributed by atoms with Gasteiger partial charge in [-0.2, -0.15) is 0 Å². The highest BCUT2D eigenvalue weighted by molar-refractivity contribution is 9.10. The number of aryl methyl sites for hydroxylation is 1. The van der Waals surface area contributed by atoms with Gasteiger partial charge in [-0.1, -0.05) is 0 Å². The number of piperidine rings is 1. The third kappa shape index (κ3) is 4.85. The van der Waals surface area contributed by atoms with Crippen LogP contribution in [0.2, 0.25) is 0 Å². The topological polar surface area (TPSA) is 63.2 Å². The smallest absolute Gasteiger partial charge is 0.227 e. The second-order valence-electron chi connectivity index (χ2n) is 4.94. The lowest BCUT2D eigenvalue weighted by atomic mass is 10.1. The van der Waals surface area contributed by atoms with Gasteiger partial charge in [-0.25, -0.2) is 4.98 Å². The van der Waals surface area contributed by atoms with Crippen molar-refractivity contribution in [1.82, 2.24) is 10.3 Å². The number of nitrogens with zero attached hydrogens (tertiary/aromatic N) is 1. The van der Waals surface area contributed by atoms with Crippen molar-refractivity contribution in [2.75, 3.05) is 25.0 Å². The van der Waals surface area contributed by atoms with Crippen molar-refractivity contribution < 1.29 is 9.53 Å². The lowest BCUT2D eigenvalue weighted by molar-refractivity contribution is -0.117. The fourth-order valence-corrected chi connectivity index (χ4v) is 2.31. The Labute approximate surface area is 127 Å². The zero-order valence-corrected chi connectivity index (χ0v) is 13.2. The molecule has 1 amide bonds. The highest BCUT2D eigenvalue weighted by Crippen LogP contribution is 2.17. The summed E-state index contributed by atoms with van der Waals surface area (Å²) < 4.78 is 6.64. The molecule has 5 nitrogen and oxygen atoms in total. The van der Waals surface area contributed by atoms with E-state index in [0.717, 1.165) is 36.0 Å². The van der Waals surface area contributed by atoms with Crippen LogP contribution in [0.4, 0.5) is 5.82 Å². The van der Waals surface area contributed by atoms with E-state index in [1.165, 1.54) is 0 Å². The zero-order valence-electron chi connectivity index (χ0n) is 11.6. The molecule has 0 radical (unpaired) electrons. The van der Waals surface area contributed by atoms with Gasteiger partial charge < -0.3 is 15.4 Å². The number of nitrogens with one attached hydrogen (secondary N) is 2. The summed E-state index contributed by atoms with van der Waals surface area (Å²) in [6.07, 6.45) is 4.39. The number of carbonyl (C=O) groups excluding carboxylic acids is 1.